The lowest BCUT2D eigenvalue weighted by Crippen LogP contribution is -2.32. The molecule has 2 aromatic rings. The van der Waals surface area contributed by atoms with Gasteiger partial charge in [0.15, 0.2) is 5.82 Å². The lowest BCUT2D eigenvalue weighted by Gasteiger charge is -2.20. The molecule has 176 valence electrons. The van der Waals surface area contributed by atoms with Gasteiger partial charge in [0.25, 0.3) is 5.91 Å². The Morgan fingerprint density at radius 2 is 1.94 bits per heavy atom. The Morgan fingerprint density at radius 1 is 1.22 bits per heavy atom. The fraction of sp³-hybridized carbons (Fsp3) is 0.591. The van der Waals surface area contributed by atoms with Gasteiger partial charge in [-0.3, -0.25) is 4.79 Å². The van der Waals surface area contributed by atoms with Crippen molar-refractivity contribution in [2.24, 2.45) is 0 Å². The van der Waals surface area contributed by atoms with Gasteiger partial charge in [-0.1, -0.05) is 31.8 Å². The highest BCUT2D eigenvalue weighted by Gasteiger charge is 2.27. The van der Waals surface area contributed by atoms with E-state index in [9.17, 15) is 13.2 Å². The molecular formula is C22H32N4O5S. The van der Waals surface area contributed by atoms with Gasteiger partial charge in [-0.2, -0.15) is 9.29 Å². The summed E-state index contributed by atoms with van der Waals surface area (Å²) in [6.07, 6.45) is 4.91. The Hall–Kier alpha value is -2.46. The van der Waals surface area contributed by atoms with Crippen LogP contribution in [-0.2, 0) is 16.4 Å². The Bertz CT molecular complexity index is 1010. The van der Waals surface area contributed by atoms with E-state index in [1.807, 2.05) is 13.8 Å². The third-order valence-corrected chi connectivity index (χ3v) is 7.37. The average molecular weight is 465 g/mol. The predicted molar refractivity (Wildman–Crippen MR) is 119 cm³/mol. The molecule has 9 nitrogen and oxygen atoms in total. The zero-order chi connectivity index (χ0) is 23.1. The number of carbonyl (C=O) groups excluding carboxylic acids is 1. The van der Waals surface area contributed by atoms with Crippen molar-refractivity contribution >= 4 is 15.9 Å². The summed E-state index contributed by atoms with van der Waals surface area (Å²) < 4.78 is 38.2. The molecule has 0 bridgehead atoms. The SMILES string of the molecule is COc1ccc(S(=O)(=O)N2CCCCCC2)cc1C(=O)NCCCc1nc(C(C)C)no1. The molecule has 1 saturated heterocycles. The molecule has 0 radical (unpaired) electrons. The average Bonchev–Trinajstić information content (AvgIpc) is 3.08. The monoisotopic (exact) mass is 464 g/mol. The molecule has 0 spiro atoms. The summed E-state index contributed by atoms with van der Waals surface area (Å²) in [4.78, 5) is 17.2. The molecule has 1 fully saturated rings. The number of ether oxygens (including phenoxy) is 1. The number of amides is 1. The maximum absolute atomic E-state index is 13.1. The van der Waals surface area contributed by atoms with Crippen LogP contribution in [0.15, 0.2) is 27.6 Å². The fourth-order valence-corrected chi connectivity index (χ4v) is 5.14. The van der Waals surface area contributed by atoms with Crippen LogP contribution in [0.2, 0.25) is 0 Å². The summed E-state index contributed by atoms with van der Waals surface area (Å²) in [6.45, 7) is 5.37. The summed E-state index contributed by atoms with van der Waals surface area (Å²) in [5, 5.41) is 6.75. The Balaban J connectivity index is 1.65. The second kappa shape index (κ2) is 10.9. The summed E-state index contributed by atoms with van der Waals surface area (Å²) in [6, 6.07) is 4.44. The molecule has 0 aliphatic carbocycles. The normalized spacial score (nSPS) is 15.5. The van der Waals surface area contributed by atoms with E-state index in [-0.39, 0.29) is 22.3 Å². The Labute approximate surface area is 189 Å². The van der Waals surface area contributed by atoms with Crippen LogP contribution in [0.5, 0.6) is 5.75 Å². The molecule has 1 aromatic carbocycles. The first-order chi connectivity index (χ1) is 15.3. The number of nitrogens with one attached hydrogen (secondary N) is 1. The summed E-state index contributed by atoms with van der Waals surface area (Å²) in [7, 11) is -2.21. The van der Waals surface area contributed by atoms with Crippen molar-refractivity contribution in [2.45, 2.75) is 63.2 Å². The smallest absolute Gasteiger partial charge is 0.255 e. The van der Waals surface area contributed by atoms with Crippen molar-refractivity contribution in [2.75, 3.05) is 26.7 Å². The zero-order valence-electron chi connectivity index (χ0n) is 19.0. The van der Waals surface area contributed by atoms with Gasteiger partial charge in [0.2, 0.25) is 15.9 Å². The van der Waals surface area contributed by atoms with Crippen LogP contribution in [0.4, 0.5) is 0 Å². The van der Waals surface area contributed by atoms with Gasteiger partial charge in [-0.05, 0) is 37.5 Å². The largest absolute Gasteiger partial charge is 0.496 e. The second-order valence-corrected chi connectivity index (χ2v) is 10.2. The maximum atomic E-state index is 13.1. The summed E-state index contributed by atoms with van der Waals surface area (Å²) in [5.74, 6) is 1.33. The van der Waals surface area contributed by atoms with Crippen LogP contribution in [0.1, 0.15) is 73.9 Å². The molecule has 0 atom stereocenters. The quantitative estimate of drug-likeness (QED) is 0.567. The minimum absolute atomic E-state index is 0.109. The number of aromatic nitrogens is 2. The van der Waals surface area contributed by atoms with Crippen molar-refractivity contribution < 1.29 is 22.5 Å². The van der Waals surface area contributed by atoms with E-state index in [0.29, 0.717) is 49.9 Å². The second-order valence-electron chi connectivity index (χ2n) is 8.24. The molecule has 0 saturated carbocycles. The minimum atomic E-state index is -3.66. The molecule has 1 aromatic heterocycles. The maximum Gasteiger partial charge on any atom is 0.255 e. The van der Waals surface area contributed by atoms with Crippen molar-refractivity contribution in [3.05, 3.63) is 35.5 Å². The number of aryl methyl sites for hydroxylation is 1. The van der Waals surface area contributed by atoms with Gasteiger partial charge < -0.3 is 14.6 Å². The van der Waals surface area contributed by atoms with Crippen LogP contribution < -0.4 is 10.1 Å². The van der Waals surface area contributed by atoms with Crippen molar-refractivity contribution in [1.82, 2.24) is 19.8 Å². The highest BCUT2D eigenvalue weighted by molar-refractivity contribution is 7.89. The number of methoxy groups -OCH3 is 1. The van der Waals surface area contributed by atoms with E-state index >= 15 is 0 Å². The van der Waals surface area contributed by atoms with E-state index < -0.39 is 10.0 Å². The highest BCUT2D eigenvalue weighted by atomic mass is 32.2. The number of hydrogen-bond donors (Lipinski definition) is 1. The molecule has 10 heteroatoms. The number of sulfonamides is 1. The lowest BCUT2D eigenvalue weighted by molar-refractivity contribution is 0.0949. The summed E-state index contributed by atoms with van der Waals surface area (Å²) in [5.41, 5.74) is 0.197. The standard InChI is InChI=1S/C22H32N4O5S/c1-16(2)21-24-20(31-25-21)9-8-12-23-22(27)18-15-17(10-11-19(18)30-3)32(28,29)26-13-6-4-5-7-14-26/h10-11,15-16H,4-9,12-14H2,1-3H3,(H,23,27). The van der Waals surface area contributed by atoms with Gasteiger partial charge in [-0.25, -0.2) is 8.42 Å². The first kappa shape index (κ1) is 24.2. The van der Waals surface area contributed by atoms with Crippen molar-refractivity contribution in [1.29, 1.82) is 0 Å². The molecular weight excluding hydrogens is 432 g/mol. The molecule has 1 N–H and O–H groups in total. The van der Waals surface area contributed by atoms with E-state index in [1.165, 1.54) is 29.6 Å². The number of rotatable bonds is 9. The summed E-state index contributed by atoms with van der Waals surface area (Å²) >= 11 is 0. The van der Waals surface area contributed by atoms with Crippen LogP contribution in [0, 0.1) is 0 Å². The molecule has 32 heavy (non-hydrogen) atoms. The van der Waals surface area contributed by atoms with E-state index in [4.69, 9.17) is 9.26 Å². The first-order valence-electron chi connectivity index (χ1n) is 11.1. The third-order valence-electron chi connectivity index (χ3n) is 5.47. The van der Waals surface area contributed by atoms with Crippen molar-refractivity contribution in [3.8, 4) is 5.75 Å². The Kier molecular flexibility index (Phi) is 8.25. The van der Waals surface area contributed by atoms with Crippen molar-refractivity contribution in [3.63, 3.8) is 0 Å². The Morgan fingerprint density at radius 3 is 2.56 bits per heavy atom. The zero-order valence-corrected chi connectivity index (χ0v) is 19.8. The third kappa shape index (κ3) is 5.86. The van der Waals surface area contributed by atoms with Crippen LogP contribution in [0.25, 0.3) is 0 Å². The topological polar surface area (TPSA) is 115 Å². The highest BCUT2D eigenvalue weighted by Crippen LogP contribution is 2.26. The van der Waals surface area contributed by atoms with Gasteiger partial charge in [-0.15, -0.1) is 0 Å². The molecule has 3 rings (SSSR count). The van der Waals surface area contributed by atoms with Crippen LogP contribution in [-0.4, -0.2) is 55.5 Å². The van der Waals surface area contributed by atoms with Gasteiger partial charge in [0, 0.05) is 32.0 Å². The molecule has 2 heterocycles. The number of nitrogens with zero attached hydrogens (tertiary/aromatic N) is 3. The van der Waals surface area contributed by atoms with E-state index in [1.54, 1.807) is 0 Å². The van der Waals surface area contributed by atoms with Gasteiger partial charge in [0.1, 0.15) is 5.75 Å². The number of benzene rings is 1. The van der Waals surface area contributed by atoms with Gasteiger partial charge in [0.05, 0.1) is 17.6 Å². The minimum Gasteiger partial charge on any atom is -0.496 e. The fourth-order valence-electron chi connectivity index (χ4n) is 3.60. The number of hydrogen-bond acceptors (Lipinski definition) is 7. The molecule has 1 aliphatic rings. The van der Waals surface area contributed by atoms with Gasteiger partial charge >= 0.3 is 0 Å². The number of carbonyl (C=O) groups is 1. The first-order valence-corrected chi connectivity index (χ1v) is 12.6. The lowest BCUT2D eigenvalue weighted by atomic mass is 10.2. The van der Waals surface area contributed by atoms with E-state index in [2.05, 4.69) is 15.5 Å². The molecule has 1 amide bonds. The van der Waals surface area contributed by atoms with E-state index in [0.717, 1.165) is 25.7 Å². The molecule has 0 unspecified atom stereocenters. The van der Waals surface area contributed by atoms with Crippen LogP contribution >= 0.6 is 0 Å². The van der Waals surface area contributed by atoms with Crippen LogP contribution in [0.3, 0.4) is 0 Å². The predicted octanol–water partition coefficient (Wildman–Crippen LogP) is 3.13. The molecule has 1 aliphatic heterocycles.